The van der Waals surface area contributed by atoms with Crippen molar-refractivity contribution in [2.45, 2.75) is 32.4 Å². The first-order valence-corrected chi connectivity index (χ1v) is 8.25. The Morgan fingerprint density at radius 1 is 1.65 bits per heavy atom. The summed E-state index contributed by atoms with van der Waals surface area (Å²) >= 11 is 3.87. The average Bonchev–Trinajstić information content (AvgIpc) is 2.86. The van der Waals surface area contributed by atoms with Crippen molar-refractivity contribution in [3.8, 4) is 0 Å². The Morgan fingerprint density at radius 2 is 2.53 bits per heavy atom. The molecule has 1 aliphatic heterocycles. The molecule has 0 aromatic carbocycles. The zero-order valence-electron chi connectivity index (χ0n) is 10.5. The predicted molar refractivity (Wildman–Crippen MR) is 77.0 cm³/mol. The molecule has 1 aromatic rings. The van der Waals surface area contributed by atoms with Crippen LogP contribution in [0.3, 0.4) is 0 Å². The van der Waals surface area contributed by atoms with Gasteiger partial charge in [-0.1, -0.05) is 6.92 Å². The number of hydrogen-bond acceptors (Lipinski definition) is 5. The van der Waals surface area contributed by atoms with Gasteiger partial charge in [0.25, 0.3) is 0 Å². The van der Waals surface area contributed by atoms with E-state index in [9.17, 15) is 0 Å². The molecule has 5 heteroatoms. The zero-order valence-corrected chi connectivity index (χ0v) is 12.2. The van der Waals surface area contributed by atoms with Crippen molar-refractivity contribution >= 4 is 23.1 Å². The summed E-state index contributed by atoms with van der Waals surface area (Å²) in [5.74, 6) is 2.47. The second-order valence-electron chi connectivity index (χ2n) is 4.37. The maximum atomic E-state index is 4.48. The molecule has 0 aliphatic carbocycles. The minimum Gasteiger partial charge on any atom is -0.311 e. The summed E-state index contributed by atoms with van der Waals surface area (Å²) < 4.78 is 0. The van der Waals surface area contributed by atoms with E-state index in [4.69, 9.17) is 0 Å². The van der Waals surface area contributed by atoms with Gasteiger partial charge in [0.05, 0.1) is 6.04 Å². The standard InChI is InChI=1S/C12H21N3S2/c1-3-11-7-15-12(17-11)9(2)14-6-10-8-16-5-4-13-10/h7,9-10,13-14H,3-6,8H2,1-2H3. The largest absolute Gasteiger partial charge is 0.311 e. The Bertz CT molecular complexity index is 334. The van der Waals surface area contributed by atoms with Crippen molar-refractivity contribution < 1.29 is 0 Å². The van der Waals surface area contributed by atoms with E-state index in [0.29, 0.717) is 12.1 Å². The normalized spacial score (nSPS) is 22.6. The third-order valence-corrected chi connectivity index (χ3v) is 5.41. The number of rotatable bonds is 5. The Labute approximate surface area is 112 Å². The molecule has 0 radical (unpaired) electrons. The fraction of sp³-hybridized carbons (Fsp3) is 0.750. The van der Waals surface area contributed by atoms with Gasteiger partial charge in [-0.3, -0.25) is 0 Å². The number of nitrogens with one attached hydrogen (secondary N) is 2. The molecule has 96 valence electrons. The molecule has 2 heterocycles. The van der Waals surface area contributed by atoms with Gasteiger partial charge in [-0.2, -0.15) is 11.8 Å². The van der Waals surface area contributed by atoms with Crippen molar-refractivity contribution in [2.24, 2.45) is 0 Å². The molecule has 3 nitrogen and oxygen atoms in total. The summed E-state index contributed by atoms with van der Waals surface area (Å²) in [6.07, 6.45) is 3.10. The fourth-order valence-electron chi connectivity index (χ4n) is 1.84. The molecule has 0 spiro atoms. The minimum atomic E-state index is 0.369. The van der Waals surface area contributed by atoms with Crippen molar-refractivity contribution in [3.63, 3.8) is 0 Å². The van der Waals surface area contributed by atoms with Gasteiger partial charge < -0.3 is 10.6 Å². The molecule has 1 fully saturated rings. The number of thioether (sulfide) groups is 1. The highest BCUT2D eigenvalue weighted by molar-refractivity contribution is 7.99. The van der Waals surface area contributed by atoms with E-state index in [0.717, 1.165) is 19.5 Å². The van der Waals surface area contributed by atoms with Crippen molar-refractivity contribution in [1.29, 1.82) is 0 Å². The molecule has 2 rings (SSSR count). The van der Waals surface area contributed by atoms with Gasteiger partial charge in [-0.15, -0.1) is 11.3 Å². The maximum Gasteiger partial charge on any atom is 0.109 e. The van der Waals surface area contributed by atoms with Gasteiger partial charge in [0.1, 0.15) is 5.01 Å². The monoisotopic (exact) mass is 271 g/mol. The van der Waals surface area contributed by atoms with E-state index in [2.05, 4.69) is 29.5 Å². The quantitative estimate of drug-likeness (QED) is 0.859. The van der Waals surface area contributed by atoms with E-state index < -0.39 is 0 Å². The van der Waals surface area contributed by atoms with Gasteiger partial charge in [0, 0.05) is 41.7 Å². The smallest absolute Gasteiger partial charge is 0.109 e. The number of aromatic nitrogens is 1. The number of aryl methyl sites for hydroxylation is 1. The highest BCUT2D eigenvalue weighted by atomic mass is 32.2. The van der Waals surface area contributed by atoms with Crippen LogP contribution in [0.2, 0.25) is 0 Å². The van der Waals surface area contributed by atoms with Crippen LogP contribution in [0.15, 0.2) is 6.20 Å². The van der Waals surface area contributed by atoms with Gasteiger partial charge in [0.2, 0.25) is 0 Å². The van der Waals surface area contributed by atoms with Crippen LogP contribution < -0.4 is 10.6 Å². The second kappa shape index (κ2) is 6.73. The molecule has 1 saturated heterocycles. The molecule has 1 aliphatic rings. The highest BCUT2D eigenvalue weighted by Crippen LogP contribution is 2.20. The summed E-state index contributed by atoms with van der Waals surface area (Å²) in [5, 5.41) is 8.33. The molecule has 1 aromatic heterocycles. The maximum absolute atomic E-state index is 4.48. The molecule has 0 saturated carbocycles. The molecular formula is C12H21N3S2. The van der Waals surface area contributed by atoms with Gasteiger partial charge >= 0.3 is 0 Å². The van der Waals surface area contributed by atoms with Gasteiger partial charge in [-0.05, 0) is 13.3 Å². The molecule has 0 amide bonds. The van der Waals surface area contributed by atoms with Gasteiger partial charge in [0.15, 0.2) is 0 Å². The minimum absolute atomic E-state index is 0.369. The van der Waals surface area contributed by atoms with Crippen LogP contribution in [0.25, 0.3) is 0 Å². The molecule has 17 heavy (non-hydrogen) atoms. The molecule has 0 bridgehead atoms. The lowest BCUT2D eigenvalue weighted by atomic mass is 10.3. The van der Waals surface area contributed by atoms with E-state index in [1.165, 1.54) is 21.4 Å². The van der Waals surface area contributed by atoms with Crippen LogP contribution >= 0.6 is 23.1 Å². The molecule has 2 unspecified atom stereocenters. The van der Waals surface area contributed by atoms with Crippen molar-refractivity contribution in [3.05, 3.63) is 16.1 Å². The van der Waals surface area contributed by atoms with Crippen LogP contribution in [-0.2, 0) is 6.42 Å². The van der Waals surface area contributed by atoms with Crippen LogP contribution in [0.1, 0.15) is 29.8 Å². The van der Waals surface area contributed by atoms with E-state index in [1.54, 1.807) is 0 Å². The molecule has 2 atom stereocenters. The first-order chi connectivity index (χ1) is 8.29. The number of thiazole rings is 1. The average molecular weight is 271 g/mol. The lowest BCUT2D eigenvalue weighted by Crippen LogP contribution is -2.44. The Morgan fingerprint density at radius 3 is 3.18 bits per heavy atom. The summed E-state index contributed by atoms with van der Waals surface area (Å²) in [5.41, 5.74) is 0. The van der Waals surface area contributed by atoms with Crippen molar-refractivity contribution in [1.82, 2.24) is 15.6 Å². The second-order valence-corrected chi connectivity index (χ2v) is 6.67. The van der Waals surface area contributed by atoms with Crippen LogP contribution in [0, 0.1) is 0 Å². The van der Waals surface area contributed by atoms with Crippen LogP contribution in [-0.4, -0.2) is 35.6 Å². The summed E-state index contributed by atoms with van der Waals surface area (Å²) in [4.78, 5) is 5.86. The lowest BCUT2D eigenvalue weighted by molar-refractivity contribution is 0.476. The Balaban J connectivity index is 1.77. The van der Waals surface area contributed by atoms with Crippen molar-refractivity contribution in [2.75, 3.05) is 24.6 Å². The molecular weight excluding hydrogens is 250 g/mol. The van der Waals surface area contributed by atoms with E-state index >= 15 is 0 Å². The summed E-state index contributed by atoms with van der Waals surface area (Å²) in [7, 11) is 0. The third-order valence-electron chi connectivity index (χ3n) is 2.96. The highest BCUT2D eigenvalue weighted by Gasteiger charge is 2.15. The Hall–Kier alpha value is -0.100. The predicted octanol–water partition coefficient (Wildman–Crippen LogP) is 2.06. The van der Waals surface area contributed by atoms with Crippen LogP contribution in [0.4, 0.5) is 0 Å². The third kappa shape index (κ3) is 3.95. The SMILES string of the molecule is CCc1cnc(C(C)NCC2CSCCN2)s1. The number of hydrogen-bond donors (Lipinski definition) is 2. The van der Waals surface area contributed by atoms with E-state index in [1.807, 2.05) is 29.3 Å². The first kappa shape index (κ1) is 13.3. The van der Waals surface area contributed by atoms with Crippen LogP contribution in [0.5, 0.6) is 0 Å². The van der Waals surface area contributed by atoms with E-state index in [-0.39, 0.29) is 0 Å². The first-order valence-electron chi connectivity index (χ1n) is 6.28. The zero-order chi connectivity index (χ0) is 12.1. The summed E-state index contributed by atoms with van der Waals surface area (Å²) in [6.45, 7) is 6.56. The topological polar surface area (TPSA) is 37.0 Å². The lowest BCUT2D eigenvalue weighted by Gasteiger charge is -2.24. The fourth-order valence-corrected chi connectivity index (χ4v) is 3.68. The summed E-state index contributed by atoms with van der Waals surface area (Å²) in [6, 6.07) is 0.982. The Kier molecular flexibility index (Phi) is 5.28. The number of nitrogens with zero attached hydrogens (tertiary/aromatic N) is 1. The van der Waals surface area contributed by atoms with Gasteiger partial charge in [-0.25, -0.2) is 4.98 Å². The molecule has 2 N–H and O–H groups in total.